The van der Waals surface area contributed by atoms with Gasteiger partial charge in [0.05, 0.1) is 7.11 Å². The maximum absolute atomic E-state index is 5.94. The Hall–Kier alpha value is -1.48. The Morgan fingerprint density at radius 3 is 2.55 bits per heavy atom. The average Bonchev–Trinajstić information content (AvgIpc) is 2.48. The van der Waals surface area contributed by atoms with Crippen molar-refractivity contribution in [1.82, 2.24) is 4.90 Å². The molecule has 0 radical (unpaired) electrons. The molecule has 0 aromatic heterocycles. The van der Waals surface area contributed by atoms with Gasteiger partial charge in [-0.05, 0) is 42.9 Å². The molecule has 0 amide bonds. The van der Waals surface area contributed by atoms with E-state index >= 15 is 0 Å². The third-order valence-corrected chi connectivity index (χ3v) is 4.16. The maximum Gasteiger partial charge on any atom is 0.161 e. The first-order valence-corrected chi connectivity index (χ1v) is 8.28. The molecule has 1 fully saturated rings. The molecule has 2 atom stereocenters. The number of piperidine rings is 1. The molecule has 0 N–H and O–H groups in total. The van der Waals surface area contributed by atoms with Gasteiger partial charge in [-0.1, -0.05) is 32.1 Å². The number of allylic oxidation sites excluding steroid dienone is 1. The van der Waals surface area contributed by atoms with Crippen LogP contribution >= 0.6 is 0 Å². The summed E-state index contributed by atoms with van der Waals surface area (Å²) in [6.45, 7) is 10.7. The van der Waals surface area contributed by atoms with E-state index in [0.29, 0.717) is 6.61 Å². The van der Waals surface area contributed by atoms with E-state index in [9.17, 15) is 0 Å². The molecular weight excluding hydrogens is 274 g/mol. The van der Waals surface area contributed by atoms with Crippen LogP contribution in [0.3, 0.4) is 0 Å². The van der Waals surface area contributed by atoms with E-state index in [2.05, 4.69) is 30.9 Å². The van der Waals surface area contributed by atoms with Gasteiger partial charge in [-0.15, -0.1) is 0 Å². The fourth-order valence-electron chi connectivity index (χ4n) is 3.36. The summed E-state index contributed by atoms with van der Waals surface area (Å²) in [6.07, 6.45) is 5.42. The second-order valence-corrected chi connectivity index (χ2v) is 6.46. The quantitative estimate of drug-likeness (QED) is 0.790. The second kappa shape index (κ2) is 8.23. The van der Waals surface area contributed by atoms with E-state index < -0.39 is 0 Å². The largest absolute Gasteiger partial charge is 0.493 e. The summed E-state index contributed by atoms with van der Waals surface area (Å²) < 4.78 is 11.4. The fourth-order valence-corrected chi connectivity index (χ4v) is 3.36. The Morgan fingerprint density at radius 2 is 1.91 bits per heavy atom. The summed E-state index contributed by atoms with van der Waals surface area (Å²) in [4.78, 5) is 2.51. The monoisotopic (exact) mass is 303 g/mol. The molecule has 1 saturated heterocycles. The van der Waals surface area contributed by atoms with Gasteiger partial charge in [0.1, 0.15) is 6.61 Å². The molecule has 1 aliphatic heterocycles. The highest BCUT2D eigenvalue weighted by atomic mass is 16.5. The predicted molar refractivity (Wildman–Crippen MR) is 92.6 cm³/mol. The number of hydrogen-bond acceptors (Lipinski definition) is 3. The fraction of sp³-hybridized carbons (Fsp3) is 0.579. The minimum Gasteiger partial charge on any atom is -0.493 e. The van der Waals surface area contributed by atoms with Crippen LogP contribution in [0, 0.1) is 11.8 Å². The highest BCUT2D eigenvalue weighted by Gasteiger charge is 2.21. The number of benzene rings is 1. The molecule has 0 bridgehead atoms. The highest BCUT2D eigenvalue weighted by Crippen LogP contribution is 2.28. The normalized spacial score (nSPS) is 22.9. The van der Waals surface area contributed by atoms with E-state index in [-0.39, 0.29) is 0 Å². The molecule has 1 aromatic rings. The molecule has 0 saturated carbocycles. The van der Waals surface area contributed by atoms with Gasteiger partial charge in [-0.3, -0.25) is 4.90 Å². The van der Waals surface area contributed by atoms with Gasteiger partial charge in [0.25, 0.3) is 0 Å². The van der Waals surface area contributed by atoms with Crippen molar-refractivity contribution in [3.05, 3.63) is 29.8 Å². The van der Waals surface area contributed by atoms with E-state index in [4.69, 9.17) is 9.47 Å². The van der Waals surface area contributed by atoms with Gasteiger partial charge >= 0.3 is 0 Å². The van der Waals surface area contributed by atoms with Crippen LogP contribution in [-0.4, -0.2) is 38.3 Å². The third kappa shape index (κ3) is 4.77. The SMILES string of the molecule is C/C=C/c1ccc(OCCN2C[C@@H](C)C[C@H](C)C2)c(OC)c1. The van der Waals surface area contributed by atoms with Crippen molar-refractivity contribution in [3.8, 4) is 11.5 Å². The van der Waals surface area contributed by atoms with Crippen LogP contribution in [0.4, 0.5) is 0 Å². The summed E-state index contributed by atoms with van der Waals surface area (Å²) in [7, 11) is 1.69. The predicted octanol–water partition coefficient (Wildman–Crippen LogP) is 4.09. The van der Waals surface area contributed by atoms with Crippen LogP contribution in [-0.2, 0) is 0 Å². The smallest absolute Gasteiger partial charge is 0.161 e. The standard InChI is InChI=1S/C19H29NO2/c1-5-6-17-7-8-18(19(12-17)21-4)22-10-9-20-13-15(2)11-16(3)14-20/h5-8,12,15-16H,9-11,13-14H2,1-4H3/b6-5+/t15-,16-/m0/s1. The van der Waals surface area contributed by atoms with Gasteiger partial charge in [-0.2, -0.15) is 0 Å². The summed E-state index contributed by atoms with van der Waals surface area (Å²) in [5.41, 5.74) is 1.13. The van der Waals surface area contributed by atoms with Crippen molar-refractivity contribution in [2.75, 3.05) is 33.4 Å². The Labute approximate surface area is 134 Å². The maximum atomic E-state index is 5.94. The zero-order chi connectivity index (χ0) is 15.9. The van der Waals surface area contributed by atoms with E-state index in [1.165, 1.54) is 19.5 Å². The third-order valence-electron chi connectivity index (χ3n) is 4.16. The average molecular weight is 303 g/mol. The zero-order valence-corrected chi connectivity index (χ0v) is 14.3. The number of hydrogen-bond donors (Lipinski definition) is 0. The second-order valence-electron chi connectivity index (χ2n) is 6.46. The van der Waals surface area contributed by atoms with Crippen LogP contribution in [0.5, 0.6) is 11.5 Å². The molecule has 0 aliphatic carbocycles. The molecule has 3 nitrogen and oxygen atoms in total. The lowest BCUT2D eigenvalue weighted by atomic mass is 9.92. The Balaban J connectivity index is 1.88. The first-order chi connectivity index (χ1) is 10.6. The lowest BCUT2D eigenvalue weighted by Gasteiger charge is -2.34. The lowest BCUT2D eigenvalue weighted by Crippen LogP contribution is -2.40. The summed E-state index contributed by atoms with van der Waals surface area (Å²) in [5.74, 6) is 3.21. The summed E-state index contributed by atoms with van der Waals surface area (Å²) in [6, 6.07) is 6.07. The van der Waals surface area contributed by atoms with Crippen LogP contribution in [0.15, 0.2) is 24.3 Å². The zero-order valence-electron chi connectivity index (χ0n) is 14.3. The van der Waals surface area contributed by atoms with Crippen LogP contribution in [0.1, 0.15) is 32.8 Å². The van der Waals surface area contributed by atoms with Gasteiger partial charge < -0.3 is 9.47 Å². The molecule has 1 heterocycles. The van der Waals surface area contributed by atoms with Crippen molar-refractivity contribution < 1.29 is 9.47 Å². The lowest BCUT2D eigenvalue weighted by molar-refractivity contribution is 0.120. The summed E-state index contributed by atoms with van der Waals surface area (Å²) >= 11 is 0. The van der Waals surface area contributed by atoms with Crippen LogP contribution < -0.4 is 9.47 Å². The van der Waals surface area contributed by atoms with E-state index in [0.717, 1.165) is 35.4 Å². The Morgan fingerprint density at radius 1 is 1.18 bits per heavy atom. The number of methoxy groups -OCH3 is 1. The van der Waals surface area contributed by atoms with Crippen LogP contribution in [0.25, 0.3) is 6.08 Å². The molecule has 0 spiro atoms. The van der Waals surface area contributed by atoms with Gasteiger partial charge in [0.2, 0.25) is 0 Å². The summed E-state index contributed by atoms with van der Waals surface area (Å²) in [5, 5.41) is 0. The highest BCUT2D eigenvalue weighted by molar-refractivity contribution is 5.55. The van der Waals surface area contributed by atoms with Gasteiger partial charge in [-0.25, -0.2) is 0 Å². The molecular formula is C19H29NO2. The minimum atomic E-state index is 0.707. The van der Waals surface area contributed by atoms with E-state index in [1.807, 2.05) is 25.1 Å². The molecule has 22 heavy (non-hydrogen) atoms. The first-order valence-electron chi connectivity index (χ1n) is 8.28. The number of nitrogens with zero attached hydrogens (tertiary/aromatic N) is 1. The number of rotatable bonds is 6. The molecule has 0 unspecified atom stereocenters. The number of ether oxygens (including phenoxy) is 2. The molecule has 2 rings (SSSR count). The Bertz CT molecular complexity index is 488. The van der Waals surface area contributed by atoms with Crippen molar-refractivity contribution in [2.45, 2.75) is 27.2 Å². The number of likely N-dealkylation sites (tertiary alicyclic amines) is 1. The molecule has 122 valence electrons. The Kier molecular flexibility index (Phi) is 6.32. The van der Waals surface area contributed by atoms with Gasteiger partial charge in [0, 0.05) is 19.6 Å². The van der Waals surface area contributed by atoms with Crippen molar-refractivity contribution in [1.29, 1.82) is 0 Å². The molecule has 1 aromatic carbocycles. The molecule has 3 heteroatoms. The van der Waals surface area contributed by atoms with Crippen molar-refractivity contribution in [2.24, 2.45) is 11.8 Å². The van der Waals surface area contributed by atoms with Crippen molar-refractivity contribution in [3.63, 3.8) is 0 Å². The topological polar surface area (TPSA) is 21.7 Å². The van der Waals surface area contributed by atoms with Gasteiger partial charge in [0.15, 0.2) is 11.5 Å². The first kappa shape index (κ1) is 16.9. The minimum absolute atomic E-state index is 0.707. The van der Waals surface area contributed by atoms with Crippen molar-refractivity contribution >= 4 is 6.08 Å². The van der Waals surface area contributed by atoms with Crippen LogP contribution in [0.2, 0.25) is 0 Å². The van der Waals surface area contributed by atoms with E-state index in [1.54, 1.807) is 7.11 Å². The molecule has 1 aliphatic rings.